The average molecular weight is 162 g/mol. The molecule has 0 aliphatic carbocycles. The van der Waals surface area contributed by atoms with Crippen LogP contribution in [0.5, 0.6) is 0 Å². The van der Waals surface area contributed by atoms with Crippen molar-refractivity contribution in [3.63, 3.8) is 0 Å². The molecule has 0 heterocycles. The summed E-state index contributed by atoms with van der Waals surface area (Å²) in [6.45, 7) is 6.59. The number of hydrogen-bond donors (Lipinski definition) is 1. The molecule has 0 aromatic rings. The van der Waals surface area contributed by atoms with E-state index in [9.17, 15) is 0 Å². The predicted molar refractivity (Wildman–Crippen MR) is 21.7 cm³/mol. The summed E-state index contributed by atoms with van der Waals surface area (Å²) in [5, 5.41) is 8.41. The SMILES string of the molecule is [CH2-]C(C)(C)O.[Y]. The van der Waals surface area contributed by atoms with Gasteiger partial charge in [0.2, 0.25) is 0 Å². The summed E-state index contributed by atoms with van der Waals surface area (Å²) in [6.07, 6.45) is 0. The molecule has 0 amide bonds. The van der Waals surface area contributed by atoms with Crippen LogP contribution in [0, 0.1) is 6.92 Å². The van der Waals surface area contributed by atoms with Crippen LogP contribution in [0.25, 0.3) is 0 Å². The zero-order valence-electron chi connectivity index (χ0n) is 4.23. The van der Waals surface area contributed by atoms with Crippen LogP contribution in [0.3, 0.4) is 0 Å². The van der Waals surface area contributed by atoms with E-state index in [1.807, 2.05) is 0 Å². The van der Waals surface area contributed by atoms with E-state index in [1.165, 1.54) is 0 Å². The second kappa shape index (κ2) is 3.12. The average Bonchev–Trinajstić information content (AvgIpc) is 0.722. The number of aliphatic hydroxyl groups is 1. The number of hydrogen-bond acceptors (Lipinski definition) is 1. The van der Waals surface area contributed by atoms with Gasteiger partial charge in [0.05, 0.1) is 0 Å². The topological polar surface area (TPSA) is 20.2 Å². The third kappa shape index (κ3) is 73.9. The maximum Gasteiger partial charge on any atom is 0 e. The van der Waals surface area contributed by atoms with Crippen molar-refractivity contribution in [2.75, 3.05) is 0 Å². The van der Waals surface area contributed by atoms with Gasteiger partial charge in [-0.2, -0.15) is 0 Å². The molecule has 0 bridgehead atoms. The van der Waals surface area contributed by atoms with Crippen LogP contribution >= 0.6 is 0 Å². The molecule has 0 aliphatic rings. The molecule has 1 nitrogen and oxygen atoms in total. The van der Waals surface area contributed by atoms with Gasteiger partial charge in [0.1, 0.15) is 0 Å². The van der Waals surface area contributed by atoms with Gasteiger partial charge in [-0.1, -0.05) is 19.4 Å². The summed E-state index contributed by atoms with van der Waals surface area (Å²) in [5.41, 5.74) is -0.750. The van der Waals surface area contributed by atoms with Crippen LogP contribution in [-0.4, -0.2) is 10.7 Å². The molecule has 0 unspecified atom stereocenters. The fourth-order valence-electron chi connectivity index (χ4n) is 0. The first kappa shape index (κ1) is 10.1. The largest absolute Gasteiger partial charge is 0.423 e. The first-order valence-electron chi connectivity index (χ1n) is 1.58. The van der Waals surface area contributed by atoms with Crippen LogP contribution in [0.1, 0.15) is 13.8 Å². The van der Waals surface area contributed by atoms with E-state index in [1.54, 1.807) is 13.8 Å². The molecule has 0 atom stereocenters. The molecule has 0 saturated carbocycles. The van der Waals surface area contributed by atoms with E-state index in [2.05, 4.69) is 6.92 Å². The van der Waals surface area contributed by atoms with E-state index >= 15 is 0 Å². The molecule has 6 heavy (non-hydrogen) atoms. The molecule has 0 saturated heterocycles. The van der Waals surface area contributed by atoms with Crippen LogP contribution in [0.2, 0.25) is 0 Å². The number of rotatable bonds is 0. The zero-order chi connectivity index (χ0) is 4.50. The minimum absolute atomic E-state index is 0. The third-order valence-corrected chi connectivity index (χ3v) is 0. The monoisotopic (exact) mass is 162 g/mol. The molecule has 35 valence electrons. The van der Waals surface area contributed by atoms with Gasteiger partial charge in [-0.3, -0.25) is 0 Å². The zero-order valence-corrected chi connectivity index (χ0v) is 7.07. The summed E-state index contributed by atoms with van der Waals surface area (Å²) >= 11 is 0. The molecule has 0 aliphatic heterocycles. The fourth-order valence-corrected chi connectivity index (χ4v) is 0. The fraction of sp³-hybridized carbons (Fsp3) is 0.750. The Morgan fingerprint density at radius 1 is 1.50 bits per heavy atom. The van der Waals surface area contributed by atoms with Crippen LogP contribution < -0.4 is 0 Å². The van der Waals surface area contributed by atoms with Gasteiger partial charge < -0.3 is 12.0 Å². The van der Waals surface area contributed by atoms with Gasteiger partial charge in [-0.05, 0) is 0 Å². The molecule has 0 fully saturated rings. The normalized spacial score (nSPS) is 10.0. The van der Waals surface area contributed by atoms with Gasteiger partial charge in [0.25, 0.3) is 0 Å². The van der Waals surface area contributed by atoms with Gasteiger partial charge in [-0.25, -0.2) is 0 Å². The first-order chi connectivity index (χ1) is 2.00. The Morgan fingerprint density at radius 3 is 1.50 bits per heavy atom. The molecule has 0 rings (SSSR count). The van der Waals surface area contributed by atoms with Crippen molar-refractivity contribution in [3.05, 3.63) is 6.92 Å². The molecule has 0 spiro atoms. The Morgan fingerprint density at radius 2 is 1.50 bits per heavy atom. The molecular formula is C4H9OY-. The Hall–Kier alpha value is 1.06. The Balaban J connectivity index is 0. The summed E-state index contributed by atoms with van der Waals surface area (Å²) < 4.78 is 0. The van der Waals surface area contributed by atoms with Crippen molar-refractivity contribution in [2.24, 2.45) is 0 Å². The quantitative estimate of drug-likeness (QED) is 0.517. The predicted octanol–water partition coefficient (Wildman–Crippen LogP) is 0.589. The van der Waals surface area contributed by atoms with E-state index < -0.39 is 5.60 Å². The smallest absolute Gasteiger partial charge is 0 e. The van der Waals surface area contributed by atoms with Crippen LogP contribution in [-0.2, 0) is 32.7 Å². The van der Waals surface area contributed by atoms with Gasteiger partial charge in [0, 0.05) is 32.7 Å². The molecule has 1 radical (unpaired) electrons. The molecule has 1 N–H and O–H groups in total. The van der Waals surface area contributed by atoms with Crippen LogP contribution in [0.4, 0.5) is 0 Å². The standard InChI is InChI=1S/C4H9O.Y/c1-4(2,3)5;/h5H,1H2,2-3H3;/q-1;. The van der Waals surface area contributed by atoms with Crippen molar-refractivity contribution < 1.29 is 37.8 Å². The molecular weight excluding hydrogens is 153 g/mol. The summed E-state index contributed by atoms with van der Waals surface area (Å²) in [7, 11) is 0. The summed E-state index contributed by atoms with van der Waals surface area (Å²) in [5.74, 6) is 0. The molecule has 2 heteroatoms. The Bertz CT molecular complexity index is 23.0. The summed E-state index contributed by atoms with van der Waals surface area (Å²) in [6, 6.07) is 0. The van der Waals surface area contributed by atoms with Crippen molar-refractivity contribution in [1.29, 1.82) is 0 Å². The van der Waals surface area contributed by atoms with Crippen molar-refractivity contribution in [2.45, 2.75) is 19.4 Å². The van der Waals surface area contributed by atoms with E-state index in [4.69, 9.17) is 5.11 Å². The van der Waals surface area contributed by atoms with Crippen molar-refractivity contribution in [1.82, 2.24) is 0 Å². The first-order valence-corrected chi connectivity index (χ1v) is 1.58. The maximum atomic E-state index is 8.41. The maximum absolute atomic E-state index is 8.41. The van der Waals surface area contributed by atoms with Gasteiger partial charge in [0.15, 0.2) is 0 Å². The second-order valence-electron chi connectivity index (χ2n) is 1.81. The van der Waals surface area contributed by atoms with Gasteiger partial charge >= 0.3 is 0 Å². The van der Waals surface area contributed by atoms with E-state index in [0.29, 0.717) is 0 Å². The second-order valence-corrected chi connectivity index (χ2v) is 1.81. The molecule has 0 aromatic carbocycles. The Kier molecular flexibility index (Phi) is 5.26. The van der Waals surface area contributed by atoms with Crippen molar-refractivity contribution in [3.8, 4) is 0 Å². The van der Waals surface area contributed by atoms with E-state index in [-0.39, 0.29) is 32.7 Å². The van der Waals surface area contributed by atoms with E-state index in [0.717, 1.165) is 0 Å². The third-order valence-electron chi connectivity index (χ3n) is 0. The van der Waals surface area contributed by atoms with Crippen molar-refractivity contribution >= 4 is 0 Å². The Labute approximate surface area is 64.0 Å². The summed E-state index contributed by atoms with van der Waals surface area (Å²) in [4.78, 5) is 0. The minimum Gasteiger partial charge on any atom is -0.423 e. The molecule has 0 aromatic heterocycles. The van der Waals surface area contributed by atoms with Gasteiger partial charge in [-0.15, -0.1) is 0 Å². The van der Waals surface area contributed by atoms with Crippen LogP contribution in [0.15, 0.2) is 0 Å². The minimum atomic E-state index is -0.750.